The Morgan fingerprint density at radius 2 is 2.04 bits per heavy atom. The van der Waals surface area contributed by atoms with Gasteiger partial charge in [-0.05, 0) is 41.8 Å². The molecule has 0 bridgehead atoms. The van der Waals surface area contributed by atoms with Crippen LogP contribution in [0.15, 0.2) is 52.7 Å². The Kier molecular flexibility index (Phi) is 6.01. The molecule has 0 radical (unpaired) electrons. The molecule has 3 aromatic rings. The Balaban J connectivity index is 1.74. The monoisotopic (exact) mass is 429 g/mol. The zero-order valence-electron chi connectivity index (χ0n) is 13.7. The molecule has 2 N–H and O–H groups in total. The van der Waals surface area contributed by atoms with Crippen molar-refractivity contribution in [3.05, 3.63) is 67.5 Å². The maximum atomic E-state index is 12.6. The molecule has 26 heavy (non-hydrogen) atoms. The van der Waals surface area contributed by atoms with Crippen molar-refractivity contribution in [2.45, 2.75) is 17.5 Å². The third-order valence-electron chi connectivity index (χ3n) is 3.62. The molecule has 0 aliphatic heterocycles. The fourth-order valence-electron chi connectivity index (χ4n) is 2.33. The van der Waals surface area contributed by atoms with Gasteiger partial charge in [-0.25, -0.2) is 13.1 Å². The SMILES string of the molecule is COc1ccc(Cl)cc1S(=O)(=O)NCc1ccc(C(O)c2cccs2)s1. The van der Waals surface area contributed by atoms with E-state index in [9.17, 15) is 13.5 Å². The van der Waals surface area contributed by atoms with Gasteiger partial charge in [0.05, 0.1) is 7.11 Å². The summed E-state index contributed by atoms with van der Waals surface area (Å²) in [6, 6.07) is 11.8. The van der Waals surface area contributed by atoms with Gasteiger partial charge in [0.15, 0.2) is 0 Å². The molecule has 9 heteroatoms. The molecule has 138 valence electrons. The molecule has 0 amide bonds. The highest BCUT2D eigenvalue weighted by atomic mass is 35.5. The second-order valence-electron chi connectivity index (χ2n) is 5.34. The predicted octanol–water partition coefficient (Wildman–Crippen LogP) is 4.03. The van der Waals surface area contributed by atoms with Crippen molar-refractivity contribution in [3.63, 3.8) is 0 Å². The molecule has 5 nitrogen and oxygen atoms in total. The molecule has 0 spiro atoms. The molecule has 3 rings (SSSR count). The Morgan fingerprint density at radius 1 is 1.23 bits per heavy atom. The van der Waals surface area contributed by atoms with E-state index >= 15 is 0 Å². The third kappa shape index (κ3) is 4.28. The molecule has 1 aromatic carbocycles. The zero-order valence-corrected chi connectivity index (χ0v) is 16.9. The van der Waals surface area contributed by atoms with Crippen molar-refractivity contribution in [1.82, 2.24) is 4.72 Å². The van der Waals surface area contributed by atoms with Crippen LogP contribution in [0.2, 0.25) is 5.02 Å². The van der Waals surface area contributed by atoms with Crippen LogP contribution in [0.1, 0.15) is 20.7 Å². The molecule has 1 atom stereocenters. The molecule has 0 aliphatic rings. The summed E-state index contributed by atoms with van der Waals surface area (Å²) >= 11 is 8.75. The number of ether oxygens (including phenoxy) is 1. The minimum Gasteiger partial charge on any atom is -0.495 e. The van der Waals surface area contributed by atoms with Crippen LogP contribution in [-0.4, -0.2) is 20.6 Å². The van der Waals surface area contributed by atoms with E-state index in [1.165, 1.54) is 41.9 Å². The minimum atomic E-state index is -3.79. The lowest BCUT2D eigenvalue weighted by Gasteiger charge is -2.10. The highest BCUT2D eigenvalue weighted by Gasteiger charge is 2.21. The van der Waals surface area contributed by atoms with Crippen molar-refractivity contribution < 1.29 is 18.3 Å². The summed E-state index contributed by atoms with van der Waals surface area (Å²) in [6.07, 6.45) is -0.696. The molecule has 0 saturated carbocycles. The smallest absolute Gasteiger partial charge is 0.244 e. The number of aliphatic hydroxyl groups excluding tert-OH is 1. The first kappa shape index (κ1) is 19.3. The normalized spacial score (nSPS) is 12.9. The first-order chi connectivity index (χ1) is 12.4. The molecule has 0 aliphatic carbocycles. The number of halogens is 1. The van der Waals surface area contributed by atoms with Gasteiger partial charge in [0.1, 0.15) is 16.7 Å². The summed E-state index contributed by atoms with van der Waals surface area (Å²) in [5.74, 6) is 0.224. The lowest BCUT2D eigenvalue weighted by molar-refractivity contribution is 0.228. The Bertz CT molecular complexity index is 983. The van der Waals surface area contributed by atoms with Crippen LogP contribution in [0, 0.1) is 0 Å². The van der Waals surface area contributed by atoms with Gasteiger partial charge in [0, 0.05) is 26.2 Å². The van der Waals surface area contributed by atoms with E-state index in [0.29, 0.717) is 5.02 Å². The van der Waals surface area contributed by atoms with Crippen molar-refractivity contribution in [1.29, 1.82) is 0 Å². The summed E-state index contributed by atoms with van der Waals surface area (Å²) in [7, 11) is -2.39. The minimum absolute atomic E-state index is 0.0112. The van der Waals surface area contributed by atoms with E-state index in [2.05, 4.69) is 4.72 Å². The number of thiophene rings is 2. The Hall–Kier alpha value is -1.42. The van der Waals surface area contributed by atoms with Crippen LogP contribution < -0.4 is 9.46 Å². The lowest BCUT2D eigenvalue weighted by atomic mass is 10.2. The predicted molar refractivity (Wildman–Crippen MR) is 105 cm³/mol. The number of sulfonamides is 1. The lowest BCUT2D eigenvalue weighted by Crippen LogP contribution is -2.23. The summed E-state index contributed by atoms with van der Waals surface area (Å²) in [4.78, 5) is 2.40. The van der Waals surface area contributed by atoms with Gasteiger partial charge in [0.25, 0.3) is 0 Å². The van der Waals surface area contributed by atoms with Gasteiger partial charge < -0.3 is 9.84 Å². The van der Waals surface area contributed by atoms with Gasteiger partial charge in [-0.2, -0.15) is 0 Å². The van der Waals surface area contributed by atoms with Gasteiger partial charge in [-0.3, -0.25) is 0 Å². The van der Waals surface area contributed by atoms with E-state index in [1.54, 1.807) is 18.2 Å². The maximum Gasteiger partial charge on any atom is 0.244 e. The number of benzene rings is 1. The Morgan fingerprint density at radius 3 is 2.73 bits per heavy atom. The third-order valence-corrected chi connectivity index (χ3v) is 7.34. The number of methoxy groups -OCH3 is 1. The van der Waals surface area contributed by atoms with Crippen LogP contribution in [-0.2, 0) is 16.6 Å². The van der Waals surface area contributed by atoms with Gasteiger partial charge in [-0.1, -0.05) is 17.7 Å². The molecule has 0 fully saturated rings. The summed E-state index contributed by atoms with van der Waals surface area (Å²) in [5, 5.41) is 12.6. The quantitative estimate of drug-likeness (QED) is 0.594. The first-order valence-corrected chi connectivity index (χ1v) is 11.1. The average molecular weight is 430 g/mol. The second kappa shape index (κ2) is 8.08. The second-order valence-corrected chi connectivity index (χ2v) is 9.69. The van der Waals surface area contributed by atoms with E-state index in [0.717, 1.165) is 14.6 Å². The topological polar surface area (TPSA) is 75.6 Å². The van der Waals surface area contributed by atoms with E-state index in [-0.39, 0.29) is 17.2 Å². The standard InChI is InChI=1S/C17H16ClNO4S3/c1-23-13-6-4-11(18)9-16(13)26(21,22)19-10-12-5-7-15(25-12)17(20)14-3-2-8-24-14/h2-9,17,19-20H,10H2,1H3. The zero-order chi connectivity index (χ0) is 18.7. The molecule has 0 saturated heterocycles. The summed E-state index contributed by atoms with van der Waals surface area (Å²) in [6.45, 7) is 0.111. The highest BCUT2D eigenvalue weighted by molar-refractivity contribution is 7.89. The molecular formula is C17H16ClNO4S3. The van der Waals surface area contributed by atoms with Crippen LogP contribution in [0.5, 0.6) is 5.75 Å². The molecular weight excluding hydrogens is 414 g/mol. The van der Waals surface area contributed by atoms with Crippen molar-refractivity contribution in [2.24, 2.45) is 0 Å². The number of nitrogens with one attached hydrogen (secondary N) is 1. The number of hydrogen-bond acceptors (Lipinski definition) is 6. The highest BCUT2D eigenvalue weighted by Crippen LogP contribution is 2.31. The van der Waals surface area contributed by atoms with Crippen LogP contribution in [0.3, 0.4) is 0 Å². The van der Waals surface area contributed by atoms with Gasteiger partial charge >= 0.3 is 0 Å². The van der Waals surface area contributed by atoms with Crippen molar-refractivity contribution in [3.8, 4) is 5.75 Å². The number of rotatable bonds is 7. The van der Waals surface area contributed by atoms with E-state index in [1.807, 2.05) is 17.5 Å². The average Bonchev–Trinajstić information content (AvgIpc) is 3.31. The fraction of sp³-hybridized carbons (Fsp3) is 0.176. The van der Waals surface area contributed by atoms with E-state index in [4.69, 9.17) is 16.3 Å². The van der Waals surface area contributed by atoms with Crippen LogP contribution in [0.25, 0.3) is 0 Å². The van der Waals surface area contributed by atoms with Crippen molar-refractivity contribution in [2.75, 3.05) is 7.11 Å². The van der Waals surface area contributed by atoms with E-state index < -0.39 is 16.1 Å². The van der Waals surface area contributed by atoms with Gasteiger partial charge in [0.2, 0.25) is 10.0 Å². The van der Waals surface area contributed by atoms with Crippen LogP contribution >= 0.6 is 34.3 Å². The molecule has 1 unspecified atom stereocenters. The Labute approximate surface area is 164 Å². The van der Waals surface area contributed by atoms with Gasteiger partial charge in [-0.15, -0.1) is 22.7 Å². The fourth-order valence-corrected chi connectivity index (χ4v) is 5.62. The molecule has 2 aromatic heterocycles. The van der Waals surface area contributed by atoms with Crippen molar-refractivity contribution >= 4 is 44.3 Å². The molecule has 2 heterocycles. The number of hydrogen-bond donors (Lipinski definition) is 2. The largest absolute Gasteiger partial charge is 0.495 e. The maximum absolute atomic E-state index is 12.6. The van der Waals surface area contributed by atoms with Crippen LogP contribution in [0.4, 0.5) is 0 Å². The summed E-state index contributed by atoms with van der Waals surface area (Å²) in [5.41, 5.74) is 0. The summed E-state index contributed by atoms with van der Waals surface area (Å²) < 4.78 is 32.8. The first-order valence-electron chi connectivity index (χ1n) is 7.54. The number of aliphatic hydroxyl groups is 1.